The fourth-order valence-electron chi connectivity index (χ4n) is 4.59. The molecule has 7 nitrogen and oxygen atoms in total. The second kappa shape index (κ2) is 9.72. The van der Waals surface area contributed by atoms with Gasteiger partial charge in [-0.25, -0.2) is 4.79 Å². The third-order valence-corrected chi connectivity index (χ3v) is 6.50. The molecule has 2 aromatic rings. The molecule has 186 valence electrons. The highest BCUT2D eigenvalue weighted by molar-refractivity contribution is 5.94. The molecule has 0 saturated carbocycles. The highest BCUT2D eigenvalue weighted by Gasteiger charge is 2.41. The Kier molecular flexibility index (Phi) is 6.88. The number of carbonyl (C=O) groups excluding carboxylic acids is 2. The van der Waals surface area contributed by atoms with Crippen LogP contribution in [0.2, 0.25) is 0 Å². The molecule has 0 atom stereocenters. The molecular formula is C28H35N3O4. The molecule has 0 unspecified atom stereocenters. The molecule has 1 aromatic heterocycles. The van der Waals surface area contributed by atoms with E-state index < -0.39 is 11.2 Å². The van der Waals surface area contributed by atoms with Crippen LogP contribution in [0.25, 0.3) is 5.57 Å². The third-order valence-electron chi connectivity index (χ3n) is 6.50. The summed E-state index contributed by atoms with van der Waals surface area (Å²) in [6.07, 6.45) is 4.83. The van der Waals surface area contributed by atoms with Gasteiger partial charge in [-0.3, -0.25) is 9.78 Å². The molecule has 0 bridgehead atoms. The number of carbonyl (C=O) groups is 2. The first-order valence-electron chi connectivity index (χ1n) is 12.4. The summed E-state index contributed by atoms with van der Waals surface area (Å²) in [4.78, 5) is 33.5. The Morgan fingerprint density at radius 1 is 1.09 bits per heavy atom. The van der Waals surface area contributed by atoms with Gasteiger partial charge in [0.2, 0.25) is 0 Å². The minimum absolute atomic E-state index is 0.0126. The average molecular weight is 478 g/mol. The summed E-state index contributed by atoms with van der Waals surface area (Å²) in [5.74, 6) is 0.794. The number of ether oxygens (including phenoxy) is 2. The van der Waals surface area contributed by atoms with Crippen molar-refractivity contribution >= 4 is 17.6 Å². The predicted octanol–water partition coefficient (Wildman–Crippen LogP) is 5.16. The highest BCUT2D eigenvalue weighted by atomic mass is 16.6. The van der Waals surface area contributed by atoms with Gasteiger partial charge >= 0.3 is 6.09 Å². The molecule has 2 amide bonds. The lowest BCUT2D eigenvalue weighted by Crippen LogP contribution is -2.50. The number of rotatable bonds is 4. The van der Waals surface area contributed by atoms with Crippen molar-refractivity contribution in [2.45, 2.75) is 58.7 Å². The van der Waals surface area contributed by atoms with Crippen LogP contribution >= 0.6 is 0 Å². The zero-order valence-electron chi connectivity index (χ0n) is 21.3. The van der Waals surface area contributed by atoms with Crippen molar-refractivity contribution in [3.05, 3.63) is 65.5 Å². The monoisotopic (exact) mass is 477 g/mol. The fraction of sp³-hybridized carbons (Fsp3) is 0.464. The topological polar surface area (TPSA) is 72.0 Å². The number of aromatic nitrogens is 1. The SMILES string of the molecule is CCN(CC)C(=O)c1ccc(C2=CC3(CCN(C(=O)OC(C)(C)C)CC3)Oc3ccccc32)nc1. The van der Waals surface area contributed by atoms with Crippen molar-refractivity contribution in [1.29, 1.82) is 0 Å². The van der Waals surface area contributed by atoms with Crippen LogP contribution in [0.3, 0.4) is 0 Å². The van der Waals surface area contributed by atoms with E-state index in [1.54, 1.807) is 16.0 Å². The molecule has 7 heteroatoms. The Bertz CT molecular complexity index is 1110. The van der Waals surface area contributed by atoms with Gasteiger partial charge in [-0.1, -0.05) is 18.2 Å². The minimum atomic E-state index is -0.528. The molecule has 3 heterocycles. The van der Waals surface area contributed by atoms with Gasteiger partial charge in [0, 0.05) is 56.4 Å². The van der Waals surface area contributed by atoms with Crippen molar-refractivity contribution in [1.82, 2.24) is 14.8 Å². The number of hydrogen-bond donors (Lipinski definition) is 0. The van der Waals surface area contributed by atoms with Crippen molar-refractivity contribution in [3.8, 4) is 5.75 Å². The second-order valence-electron chi connectivity index (χ2n) is 10.1. The van der Waals surface area contributed by atoms with E-state index in [9.17, 15) is 9.59 Å². The number of fused-ring (bicyclic) bond motifs is 1. The molecule has 0 N–H and O–H groups in total. The number of para-hydroxylation sites is 1. The first kappa shape index (κ1) is 24.8. The summed E-state index contributed by atoms with van der Waals surface area (Å²) in [6, 6.07) is 11.7. The molecule has 0 aliphatic carbocycles. The number of hydrogen-bond acceptors (Lipinski definition) is 5. The van der Waals surface area contributed by atoms with E-state index in [1.807, 2.05) is 71.0 Å². The van der Waals surface area contributed by atoms with Gasteiger partial charge in [0.25, 0.3) is 5.91 Å². The van der Waals surface area contributed by atoms with Crippen molar-refractivity contribution in [3.63, 3.8) is 0 Å². The average Bonchev–Trinajstić information content (AvgIpc) is 2.83. The smallest absolute Gasteiger partial charge is 0.410 e. The summed E-state index contributed by atoms with van der Waals surface area (Å²) in [6.45, 7) is 12.0. The first-order valence-corrected chi connectivity index (χ1v) is 12.4. The molecule has 1 saturated heterocycles. The zero-order chi connectivity index (χ0) is 25.2. The summed E-state index contributed by atoms with van der Waals surface area (Å²) < 4.78 is 12.1. The third kappa shape index (κ3) is 5.34. The van der Waals surface area contributed by atoms with Crippen LogP contribution in [0.4, 0.5) is 4.79 Å². The highest BCUT2D eigenvalue weighted by Crippen LogP contribution is 2.43. The number of benzene rings is 1. The van der Waals surface area contributed by atoms with E-state index in [1.165, 1.54) is 0 Å². The number of piperidine rings is 1. The zero-order valence-corrected chi connectivity index (χ0v) is 21.3. The Morgan fingerprint density at radius 2 is 1.77 bits per heavy atom. The lowest BCUT2D eigenvalue weighted by molar-refractivity contribution is -0.00118. The van der Waals surface area contributed by atoms with Crippen LogP contribution in [0.15, 0.2) is 48.7 Å². The van der Waals surface area contributed by atoms with Crippen LogP contribution in [-0.2, 0) is 4.74 Å². The first-order chi connectivity index (χ1) is 16.6. The van der Waals surface area contributed by atoms with Gasteiger partial charge in [0.15, 0.2) is 0 Å². The maximum atomic E-state index is 12.7. The Hall–Kier alpha value is -3.35. The molecule has 1 spiro atoms. The number of likely N-dealkylation sites (tertiary alicyclic amines) is 1. The van der Waals surface area contributed by atoms with Gasteiger partial charge in [0.05, 0.1) is 11.3 Å². The Labute approximate surface area is 207 Å². The lowest BCUT2D eigenvalue weighted by Gasteiger charge is -2.43. The molecule has 1 fully saturated rings. The van der Waals surface area contributed by atoms with E-state index in [0.29, 0.717) is 44.6 Å². The Balaban J connectivity index is 1.60. The molecule has 1 aromatic carbocycles. The van der Waals surface area contributed by atoms with Gasteiger partial charge in [-0.15, -0.1) is 0 Å². The van der Waals surface area contributed by atoms with Crippen LogP contribution < -0.4 is 4.74 Å². The molecule has 2 aliphatic rings. The maximum absolute atomic E-state index is 12.7. The van der Waals surface area contributed by atoms with E-state index in [2.05, 4.69) is 11.1 Å². The van der Waals surface area contributed by atoms with E-state index in [-0.39, 0.29) is 12.0 Å². The van der Waals surface area contributed by atoms with Gasteiger partial charge in [-0.05, 0) is 58.9 Å². The fourth-order valence-corrected chi connectivity index (χ4v) is 4.59. The summed E-state index contributed by atoms with van der Waals surface area (Å²) >= 11 is 0. The standard InChI is InChI=1S/C28H35N3O4/c1-6-30(7-2)25(32)20-12-13-23(29-19-20)22-18-28(34-24-11-9-8-10-21(22)24)14-16-31(17-15-28)26(33)35-27(3,4)5/h8-13,18-19H,6-7,14-17H2,1-5H3. The van der Waals surface area contributed by atoms with Crippen LogP contribution in [0, 0.1) is 0 Å². The molecule has 35 heavy (non-hydrogen) atoms. The molecule has 2 aliphatic heterocycles. The van der Waals surface area contributed by atoms with Crippen molar-refractivity contribution in [2.24, 2.45) is 0 Å². The summed E-state index contributed by atoms with van der Waals surface area (Å²) in [5.41, 5.74) is 2.29. The minimum Gasteiger partial charge on any atom is -0.482 e. The van der Waals surface area contributed by atoms with E-state index in [0.717, 1.165) is 22.6 Å². The maximum Gasteiger partial charge on any atom is 0.410 e. The van der Waals surface area contributed by atoms with Crippen molar-refractivity contribution in [2.75, 3.05) is 26.2 Å². The number of pyridine rings is 1. The second-order valence-corrected chi connectivity index (χ2v) is 10.1. The Morgan fingerprint density at radius 3 is 2.37 bits per heavy atom. The normalized spacial score (nSPS) is 16.7. The van der Waals surface area contributed by atoms with Gasteiger partial charge in [-0.2, -0.15) is 0 Å². The largest absolute Gasteiger partial charge is 0.482 e. The van der Waals surface area contributed by atoms with E-state index in [4.69, 9.17) is 9.47 Å². The van der Waals surface area contributed by atoms with Crippen LogP contribution in [0.5, 0.6) is 5.75 Å². The van der Waals surface area contributed by atoms with Crippen LogP contribution in [-0.4, -0.2) is 64.2 Å². The number of nitrogens with zero attached hydrogens (tertiary/aromatic N) is 3. The lowest BCUT2D eigenvalue weighted by atomic mass is 9.84. The summed E-state index contributed by atoms with van der Waals surface area (Å²) in [7, 11) is 0. The number of amides is 2. The molecule has 4 rings (SSSR count). The van der Waals surface area contributed by atoms with Crippen LogP contribution in [0.1, 0.15) is 69.1 Å². The molecular weight excluding hydrogens is 442 g/mol. The predicted molar refractivity (Wildman–Crippen MR) is 135 cm³/mol. The van der Waals surface area contributed by atoms with Gasteiger partial charge < -0.3 is 19.3 Å². The quantitative estimate of drug-likeness (QED) is 0.608. The molecule has 0 radical (unpaired) electrons. The van der Waals surface area contributed by atoms with Gasteiger partial charge in [0.1, 0.15) is 17.0 Å². The van der Waals surface area contributed by atoms with Crippen molar-refractivity contribution < 1.29 is 19.1 Å². The van der Waals surface area contributed by atoms with E-state index >= 15 is 0 Å². The summed E-state index contributed by atoms with van der Waals surface area (Å²) in [5, 5.41) is 0.